The largest absolute Gasteiger partial charge is 0.481 e. The zero-order valence-electron chi connectivity index (χ0n) is 7.06. The number of nitro groups is 1. The first kappa shape index (κ1) is 11.3. The Labute approximate surface area is 90.6 Å². The second-order valence-electron chi connectivity index (χ2n) is 2.49. The first-order valence-corrected chi connectivity index (χ1v) is 4.36. The van der Waals surface area contributed by atoms with E-state index in [4.69, 9.17) is 5.11 Å². The SMILES string of the molecule is O=C(O)CC(=O)c1n[nH]c([N+](=O)[O-])c1Br. The van der Waals surface area contributed by atoms with Gasteiger partial charge in [-0.15, -0.1) is 5.10 Å². The number of nitrogens with zero attached hydrogens (tertiary/aromatic N) is 2. The number of carboxylic acids is 1. The number of ketones is 1. The molecule has 0 saturated heterocycles. The molecule has 8 nitrogen and oxygen atoms in total. The van der Waals surface area contributed by atoms with Gasteiger partial charge in [-0.05, 0) is 20.9 Å². The second-order valence-corrected chi connectivity index (χ2v) is 3.28. The maximum atomic E-state index is 11.2. The van der Waals surface area contributed by atoms with Gasteiger partial charge in [-0.1, -0.05) is 5.10 Å². The molecule has 0 aromatic carbocycles. The minimum atomic E-state index is -1.32. The number of halogens is 1. The van der Waals surface area contributed by atoms with Crippen LogP contribution in [0.25, 0.3) is 0 Å². The summed E-state index contributed by atoms with van der Waals surface area (Å²) in [4.78, 5) is 31.0. The molecule has 15 heavy (non-hydrogen) atoms. The van der Waals surface area contributed by atoms with Gasteiger partial charge in [0.15, 0.2) is 11.5 Å². The van der Waals surface area contributed by atoms with Crippen molar-refractivity contribution in [2.75, 3.05) is 0 Å². The van der Waals surface area contributed by atoms with Crippen LogP contribution < -0.4 is 0 Å². The van der Waals surface area contributed by atoms with Crippen molar-refractivity contribution in [3.8, 4) is 0 Å². The molecule has 0 aliphatic rings. The fourth-order valence-electron chi connectivity index (χ4n) is 0.846. The summed E-state index contributed by atoms with van der Waals surface area (Å²) in [6, 6.07) is 0. The molecule has 0 atom stereocenters. The van der Waals surface area contributed by atoms with Crippen LogP contribution in [0.1, 0.15) is 16.9 Å². The number of aromatic nitrogens is 2. The highest BCUT2D eigenvalue weighted by Crippen LogP contribution is 2.26. The number of carbonyl (C=O) groups excluding carboxylic acids is 1. The average Bonchev–Trinajstić information content (AvgIpc) is 2.45. The highest BCUT2D eigenvalue weighted by atomic mass is 79.9. The molecule has 0 saturated carbocycles. The van der Waals surface area contributed by atoms with Crippen LogP contribution >= 0.6 is 15.9 Å². The fraction of sp³-hybridized carbons (Fsp3) is 0.167. The van der Waals surface area contributed by atoms with Gasteiger partial charge in [-0.2, -0.15) is 0 Å². The van der Waals surface area contributed by atoms with Crippen LogP contribution in [-0.4, -0.2) is 32.0 Å². The monoisotopic (exact) mass is 277 g/mol. The Bertz CT molecular complexity index is 440. The third kappa shape index (κ3) is 2.37. The minimum Gasteiger partial charge on any atom is -0.481 e. The highest BCUT2D eigenvalue weighted by Gasteiger charge is 2.25. The van der Waals surface area contributed by atoms with E-state index in [0.29, 0.717) is 0 Å². The quantitative estimate of drug-likeness (QED) is 0.362. The Balaban J connectivity index is 3.01. The average molecular weight is 278 g/mol. The number of Topliss-reactive ketones (excluding diaryl/α,β-unsaturated/α-hetero) is 1. The molecule has 0 aliphatic carbocycles. The summed E-state index contributed by atoms with van der Waals surface area (Å²) < 4.78 is -0.140. The normalized spacial score (nSPS) is 9.93. The topological polar surface area (TPSA) is 126 Å². The Morgan fingerprint density at radius 1 is 1.60 bits per heavy atom. The lowest BCUT2D eigenvalue weighted by atomic mass is 10.2. The molecule has 1 aromatic rings. The molecule has 0 aliphatic heterocycles. The Morgan fingerprint density at radius 3 is 2.60 bits per heavy atom. The summed E-state index contributed by atoms with van der Waals surface area (Å²) >= 11 is 2.79. The molecule has 2 N–H and O–H groups in total. The predicted molar refractivity (Wildman–Crippen MR) is 49.5 cm³/mol. The van der Waals surface area contributed by atoms with Gasteiger partial charge in [0.25, 0.3) is 0 Å². The zero-order valence-corrected chi connectivity index (χ0v) is 8.65. The molecule has 0 radical (unpaired) electrons. The van der Waals surface area contributed by atoms with E-state index in [1.807, 2.05) is 5.10 Å². The van der Waals surface area contributed by atoms with Crippen molar-refractivity contribution < 1.29 is 19.6 Å². The molecule has 0 unspecified atom stereocenters. The fourth-order valence-corrected chi connectivity index (χ4v) is 1.39. The van der Waals surface area contributed by atoms with Crippen LogP contribution in [0.3, 0.4) is 0 Å². The van der Waals surface area contributed by atoms with Crippen molar-refractivity contribution in [2.24, 2.45) is 0 Å². The number of aliphatic carboxylic acids is 1. The number of hydrogen-bond donors (Lipinski definition) is 2. The van der Waals surface area contributed by atoms with E-state index < -0.39 is 28.9 Å². The Kier molecular flexibility index (Phi) is 3.14. The van der Waals surface area contributed by atoms with Gasteiger partial charge in [0, 0.05) is 0 Å². The van der Waals surface area contributed by atoms with Crippen LogP contribution in [0.5, 0.6) is 0 Å². The van der Waals surface area contributed by atoms with Gasteiger partial charge in [0.05, 0.1) is 0 Å². The van der Waals surface area contributed by atoms with Crippen molar-refractivity contribution in [3.05, 3.63) is 20.3 Å². The lowest BCUT2D eigenvalue weighted by Gasteiger charge is -1.91. The van der Waals surface area contributed by atoms with E-state index in [-0.39, 0.29) is 10.2 Å². The number of hydrogen-bond acceptors (Lipinski definition) is 5. The van der Waals surface area contributed by atoms with Gasteiger partial charge in [0.2, 0.25) is 0 Å². The summed E-state index contributed by atoms with van der Waals surface area (Å²) in [7, 11) is 0. The molecule has 0 amide bonds. The van der Waals surface area contributed by atoms with E-state index in [2.05, 4.69) is 21.0 Å². The maximum Gasteiger partial charge on any atom is 0.357 e. The molecular formula is C6H4BrN3O5. The van der Waals surface area contributed by atoms with E-state index in [1.165, 1.54) is 0 Å². The standard InChI is InChI=1S/C6H4BrN3O5/c7-4-5(2(11)1-3(12)13)8-9-6(4)10(14)15/h1H2,(H,8,9)(H,12,13). The smallest absolute Gasteiger partial charge is 0.357 e. The first-order valence-electron chi connectivity index (χ1n) is 3.56. The molecule has 0 spiro atoms. The summed E-state index contributed by atoms with van der Waals surface area (Å²) in [5, 5.41) is 24.1. The third-order valence-corrected chi connectivity index (χ3v) is 2.20. The highest BCUT2D eigenvalue weighted by molar-refractivity contribution is 9.10. The number of carboxylic acid groups (broad SMARTS) is 1. The third-order valence-electron chi connectivity index (χ3n) is 1.45. The number of H-pyrrole nitrogens is 1. The van der Waals surface area contributed by atoms with Gasteiger partial charge >= 0.3 is 11.8 Å². The zero-order chi connectivity index (χ0) is 11.6. The molecular weight excluding hydrogens is 274 g/mol. The van der Waals surface area contributed by atoms with Crippen LogP contribution in [-0.2, 0) is 4.79 Å². The molecule has 1 rings (SSSR count). The summed E-state index contributed by atoms with van der Waals surface area (Å²) in [6.45, 7) is 0. The minimum absolute atomic E-state index is 0.140. The molecule has 1 heterocycles. The number of rotatable bonds is 4. The first-order chi connectivity index (χ1) is 6.93. The van der Waals surface area contributed by atoms with Crippen LogP contribution in [0.2, 0.25) is 0 Å². The Hall–Kier alpha value is -1.77. The molecule has 1 aromatic heterocycles. The van der Waals surface area contributed by atoms with Crippen molar-refractivity contribution in [1.29, 1.82) is 0 Å². The van der Waals surface area contributed by atoms with E-state index in [9.17, 15) is 19.7 Å². The summed E-state index contributed by atoms with van der Waals surface area (Å²) in [5.41, 5.74) is -0.288. The number of aromatic amines is 1. The lowest BCUT2D eigenvalue weighted by Crippen LogP contribution is -2.07. The van der Waals surface area contributed by atoms with Crippen LogP contribution in [0, 0.1) is 10.1 Å². The van der Waals surface area contributed by atoms with Gasteiger partial charge in [0.1, 0.15) is 10.9 Å². The lowest BCUT2D eigenvalue weighted by molar-refractivity contribution is -0.390. The van der Waals surface area contributed by atoms with Crippen LogP contribution in [0.4, 0.5) is 5.82 Å². The van der Waals surface area contributed by atoms with E-state index in [0.717, 1.165) is 0 Å². The van der Waals surface area contributed by atoms with E-state index in [1.54, 1.807) is 0 Å². The maximum absolute atomic E-state index is 11.2. The van der Waals surface area contributed by atoms with Gasteiger partial charge in [-0.25, -0.2) is 0 Å². The van der Waals surface area contributed by atoms with E-state index >= 15 is 0 Å². The van der Waals surface area contributed by atoms with Gasteiger partial charge in [-0.3, -0.25) is 9.59 Å². The van der Waals surface area contributed by atoms with Crippen molar-refractivity contribution in [3.63, 3.8) is 0 Å². The van der Waals surface area contributed by atoms with Crippen LogP contribution in [0.15, 0.2) is 4.47 Å². The number of nitrogens with one attached hydrogen (secondary N) is 1. The van der Waals surface area contributed by atoms with Crippen molar-refractivity contribution in [2.45, 2.75) is 6.42 Å². The Morgan fingerprint density at radius 2 is 2.20 bits per heavy atom. The molecule has 80 valence electrons. The molecule has 9 heteroatoms. The molecule has 0 bridgehead atoms. The predicted octanol–water partition coefficient (Wildman–Crippen LogP) is 0.738. The second kappa shape index (κ2) is 4.17. The van der Waals surface area contributed by atoms with Crippen molar-refractivity contribution in [1.82, 2.24) is 10.2 Å². The van der Waals surface area contributed by atoms with Crippen molar-refractivity contribution >= 4 is 33.5 Å². The summed E-state index contributed by atoms with van der Waals surface area (Å²) in [5.74, 6) is -2.61. The number of carbonyl (C=O) groups is 2. The summed E-state index contributed by atoms with van der Waals surface area (Å²) in [6.07, 6.45) is -0.763. The van der Waals surface area contributed by atoms with Gasteiger partial charge < -0.3 is 15.2 Å². The molecule has 0 fully saturated rings.